The first-order chi connectivity index (χ1) is 6.97. The monoisotopic (exact) mass is 226 g/mol. The topological polar surface area (TPSA) is 66.8 Å². The molecule has 0 aliphatic heterocycles. The van der Waals surface area contributed by atoms with Gasteiger partial charge in [0.25, 0.3) is 16.1 Å². The van der Waals surface area contributed by atoms with Crippen LogP contribution in [0.15, 0.2) is 33.6 Å². The maximum atomic E-state index is 11.3. The molecule has 0 bridgehead atoms. The van der Waals surface area contributed by atoms with Crippen LogP contribution in [0.3, 0.4) is 0 Å². The molecule has 1 rings (SSSR count). The van der Waals surface area contributed by atoms with Gasteiger partial charge in [0.1, 0.15) is 0 Å². The van der Waals surface area contributed by atoms with E-state index in [9.17, 15) is 13.2 Å². The Hall–Kier alpha value is -1.65. The van der Waals surface area contributed by atoms with E-state index in [0.717, 1.165) is 11.8 Å². The number of nitrogens with zero attached hydrogens (tertiary/aromatic N) is 2. The van der Waals surface area contributed by atoms with E-state index in [1.54, 1.807) is 12.1 Å². The lowest BCUT2D eigenvalue weighted by Gasteiger charge is -2.11. The van der Waals surface area contributed by atoms with Crippen molar-refractivity contribution in [2.24, 2.45) is 4.40 Å². The van der Waals surface area contributed by atoms with Gasteiger partial charge in [0.15, 0.2) is 0 Å². The van der Waals surface area contributed by atoms with E-state index >= 15 is 0 Å². The van der Waals surface area contributed by atoms with Crippen LogP contribution in [-0.4, -0.2) is 28.6 Å². The van der Waals surface area contributed by atoms with E-state index in [1.165, 1.54) is 12.1 Å². The van der Waals surface area contributed by atoms with E-state index < -0.39 is 10.0 Å². The zero-order chi connectivity index (χ0) is 11.5. The van der Waals surface area contributed by atoms with Crippen molar-refractivity contribution in [3.8, 4) is 0 Å². The van der Waals surface area contributed by atoms with Crippen LogP contribution in [0.2, 0.25) is 0 Å². The largest absolute Gasteiger partial charge is 0.378 e. The molecule has 15 heavy (non-hydrogen) atoms. The third-order valence-electron chi connectivity index (χ3n) is 1.81. The molecule has 0 aliphatic rings. The zero-order valence-corrected chi connectivity index (χ0v) is 9.15. The number of sulfonamides is 1. The summed E-state index contributed by atoms with van der Waals surface area (Å²) >= 11 is 0. The molecule has 0 aliphatic carbocycles. The molecule has 0 aromatic heterocycles. The van der Waals surface area contributed by atoms with Gasteiger partial charge < -0.3 is 4.90 Å². The maximum Gasteiger partial charge on any atom is 0.292 e. The quantitative estimate of drug-likeness (QED) is 0.564. The van der Waals surface area contributed by atoms with Crippen LogP contribution in [0.5, 0.6) is 0 Å². The van der Waals surface area contributed by atoms with Crippen molar-refractivity contribution in [2.45, 2.75) is 4.90 Å². The summed E-state index contributed by atoms with van der Waals surface area (Å²) in [7, 11) is -0.189. The summed E-state index contributed by atoms with van der Waals surface area (Å²) in [6, 6.07) is 6.05. The molecule has 6 heteroatoms. The van der Waals surface area contributed by atoms with E-state index in [0.29, 0.717) is 0 Å². The molecule has 0 N–H and O–H groups in total. The van der Waals surface area contributed by atoms with E-state index in [-0.39, 0.29) is 4.90 Å². The summed E-state index contributed by atoms with van der Waals surface area (Å²) in [4.78, 5) is 11.7. The molecular weight excluding hydrogens is 216 g/mol. The van der Waals surface area contributed by atoms with Gasteiger partial charge in [-0.05, 0) is 24.3 Å². The SMILES string of the molecule is CN(C)c1ccc(S(=O)(=O)N=C=O)cc1. The first kappa shape index (κ1) is 11.4. The van der Waals surface area contributed by atoms with Crippen LogP contribution in [0.25, 0.3) is 0 Å². The smallest absolute Gasteiger partial charge is 0.292 e. The van der Waals surface area contributed by atoms with Crippen molar-refractivity contribution in [2.75, 3.05) is 19.0 Å². The maximum absolute atomic E-state index is 11.3. The highest BCUT2D eigenvalue weighted by Crippen LogP contribution is 2.17. The van der Waals surface area contributed by atoms with Gasteiger partial charge >= 0.3 is 0 Å². The third-order valence-corrected chi connectivity index (χ3v) is 2.99. The van der Waals surface area contributed by atoms with Gasteiger partial charge in [0.05, 0.1) is 4.90 Å². The Morgan fingerprint density at radius 3 is 2.13 bits per heavy atom. The standard InChI is InChI=1S/C9H10N2O3S/c1-11(2)8-3-5-9(6-4-8)15(13,14)10-7-12/h3-6H,1-2H3. The minimum atomic E-state index is -3.87. The van der Waals surface area contributed by atoms with Crippen molar-refractivity contribution >= 4 is 21.8 Å². The van der Waals surface area contributed by atoms with Gasteiger partial charge in [0, 0.05) is 19.8 Å². The Labute approximate surface area is 88.1 Å². The second-order valence-corrected chi connectivity index (χ2v) is 4.65. The molecule has 5 nitrogen and oxygen atoms in total. The lowest BCUT2D eigenvalue weighted by Crippen LogP contribution is -2.08. The zero-order valence-electron chi connectivity index (χ0n) is 8.34. The molecule has 0 spiro atoms. The second-order valence-electron chi connectivity index (χ2n) is 3.05. The lowest BCUT2D eigenvalue weighted by atomic mass is 10.3. The van der Waals surface area contributed by atoms with Crippen LogP contribution in [0.1, 0.15) is 0 Å². The highest BCUT2D eigenvalue weighted by molar-refractivity contribution is 7.90. The van der Waals surface area contributed by atoms with Crippen molar-refractivity contribution in [3.05, 3.63) is 24.3 Å². The predicted octanol–water partition coefficient (Wildman–Crippen LogP) is 0.777. The first-order valence-electron chi connectivity index (χ1n) is 4.09. The summed E-state index contributed by atoms with van der Waals surface area (Å²) in [5.41, 5.74) is 0.865. The van der Waals surface area contributed by atoms with Crippen molar-refractivity contribution in [1.82, 2.24) is 0 Å². The Morgan fingerprint density at radius 1 is 1.20 bits per heavy atom. The summed E-state index contributed by atoms with van der Waals surface area (Å²) in [5, 5.41) is 0. The average Bonchev–Trinajstić information content (AvgIpc) is 2.18. The van der Waals surface area contributed by atoms with Gasteiger partial charge in [-0.3, -0.25) is 0 Å². The van der Waals surface area contributed by atoms with Gasteiger partial charge in [-0.15, -0.1) is 0 Å². The predicted molar refractivity (Wildman–Crippen MR) is 56.1 cm³/mol. The summed E-state index contributed by atoms with van der Waals surface area (Å²) in [6.45, 7) is 0. The Balaban J connectivity index is 3.15. The van der Waals surface area contributed by atoms with Crippen molar-refractivity contribution < 1.29 is 13.2 Å². The third kappa shape index (κ3) is 2.65. The molecule has 1 aromatic rings. The number of rotatable bonds is 3. The minimum absolute atomic E-state index is 0.0172. The van der Waals surface area contributed by atoms with Crippen molar-refractivity contribution in [3.63, 3.8) is 0 Å². The normalized spacial score (nSPS) is 10.5. The molecule has 0 fully saturated rings. The fraction of sp³-hybridized carbons (Fsp3) is 0.222. The van der Waals surface area contributed by atoms with Gasteiger partial charge in [-0.1, -0.05) is 4.40 Å². The Kier molecular flexibility index (Phi) is 3.24. The van der Waals surface area contributed by atoms with Gasteiger partial charge in [0.2, 0.25) is 0 Å². The minimum Gasteiger partial charge on any atom is -0.378 e. The number of carbonyl (C=O) groups excluding carboxylic acids is 1. The van der Waals surface area contributed by atoms with Crippen LogP contribution < -0.4 is 4.90 Å². The average molecular weight is 226 g/mol. The Morgan fingerprint density at radius 2 is 1.73 bits per heavy atom. The van der Waals surface area contributed by atoms with Gasteiger partial charge in [-0.25, -0.2) is 4.79 Å². The molecule has 0 saturated heterocycles. The van der Waals surface area contributed by atoms with E-state index in [2.05, 4.69) is 4.40 Å². The summed E-state index contributed by atoms with van der Waals surface area (Å²) in [5.74, 6) is 0. The molecule has 0 heterocycles. The van der Waals surface area contributed by atoms with E-state index in [1.807, 2.05) is 19.0 Å². The fourth-order valence-corrected chi connectivity index (χ4v) is 1.70. The molecule has 0 amide bonds. The molecule has 0 radical (unpaired) electrons. The van der Waals surface area contributed by atoms with Crippen LogP contribution in [0.4, 0.5) is 5.69 Å². The van der Waals surface area contributed by atoms with Gasteiger partial charge in [-0.2, -0.15) is 8.42 Å². The van der Waals surface area contributed by atoms with Crippen LogP contribution in [0, 0.1) is 0 Å². The Bertz CT molecular complexity index is 485. The van der Waals surface area contributed by atoms with Crippen LogP contribution >= 0.6 is 0 Å². The summed E-state index contributed by atoms with van der Waals surface area (Å²) < 4.78 is 25.3. The number of benzene rings is 1. The van der Waals surface area contributed by atoms with E-state index in [4.69, 9.17) is 0 Å². The molecular formula is C9H10N2O3S. The number of hydrogen-bond acceptors (Lipinski definition) is 4. The molecule has 80 valence electrons. The second kappa shape index (κ2) is 4.25. The first-order valence-corrected chi connectivity index (χ1v) is 5.53. The van der Waals surface area contributed by atoms with Crippen LogP contribution in [-0.2, 0) is 14.8 Å². The highest BCUT2D eigenvalue weighted by Gasteiger charge is 2.11. The summed E-state index contributed by atoms with van der Waals surface area (Å²) in [6.07, 6.45) is 1.02. The molecule has 0 unspecified atom stereocenters. The molecule has 0 atom stereocenters. The number of anilines is 1. The number of hydrogen-bond donors (Lipinski definition) is 0. The highest BCUT2D eigenvalue weighted by atomic mass is 32.2. The number of isocyanates is 1. The fourth-order valence-electron chi connectivity index (χ4n) is 1.02. The van der Waals surface area contributed by atoms with Crippen molar-refractivity contribution in [1.29, 1.82) is 0 Å². The molecule has 1 aromatic carbocycles. The lowest BCUT2D eigenvalue weighted by molar-refractivity contribution is 0.563. The molecule has 0 saturated carbocycles.